The molecular weight excluding hydrogens is 302 g/mol. The lowest BCUT2D eigenvalue weighted by Crippen LogP contribution is -2.55. The van der Waals surface area contributed by atoms with Gasteiger partial charge in [0.1, 0.15) is 5.75 Å². The van der Waals surface area contributed by atoms with Crippen LogP contribution in [0.3, 0.4) is 0 Å². The van der Waals surface area contributed by atoms with Crippen molar-refractivity contribution in [3.05, 3.63) is 29.8 Å². The number of likely N-dealkylation sites (tertiary alicyclic amines) is 1. The molecule has 1 aliphatic heterocycles. The third-order valence-corrected chi connectivity index (χ3v) is 4.55. The van der Waals surface area contributed by atoms with Gasteiger partial charge in [-0.05, 0) is 30.5 Å². The number of methoxy groups -OCH3 is 1. The van der Waals surface area contributed by atoms with Gasteiger partial charge in [-0.2, -0.15) is 0 Å². The number of piperidine rings is 1. The summed E-state index contributed by atoms with van der Waals surface area (Å²) in [5.41, 5.74) is 7.25. The van der Waals surface area contributed by atoms with E-state index in [1.165, 1.54) is 11.8 Å². The van der Waals surface area contributed by atoms with Crippen molar-refractivity contribution in [3.63, 3.8) is 0 Å². The molecule has 0 radical (unpaired) electrons. The van der Waals surface area contributed by atoms with Crippen LogP contribution in [0.15, 0.2) is 24.3 Å². The van der Waals surface area contributed by atoms with E-state index in [-0.39, 0.29) is 12.1 Å². The molecule has 22 heavy (non-hydrogen) atoms. The summed E-state index contributed by atoms with van der Waals surface area (Å²) in [5, 5.41) is 0. The van der Waals surface area contributed by atoms with Crippen LogP contribution in [0.2, 0.25) is 0 Å². The first-order valence-corrected chi connectivity index (χ1v) is 9.33. The number of ether oxygens (including phenoxy) is 1. The average Bonchev–Trinajstić information content (AvgIpc) is 2.43. The van der Waals surface area contributed by atoms with Crippen molar-refractivity contribution in [2.24, 2.45) is 5.73 Å². The zero-order chi connectivity index (χ0) is 16.2. The van der Waals surface area contributed by atoms with Crippen molar-refractivity contribution in [2.45, 2.75) is 24.9 Å². The van der Waals surface area contributed by atoms with Crippen LogP contribution >= 0.6 is 0 Å². The minimum Gasteiger partial charge on any atom is -0.497 e. The predicted octanol–water partition coefficient (Wildman–Crippen LogP) is 0.189. The SMILES string of the molecule is COc1cccc(CCN2C[C@@H](N)C[C@@H](NS(C)(=O)=O)C2)c1. The summed E-state index contributed by atoms with van der Waals surface area (Å²) in [7, 11) is -1.54. The molecule has 1 saturated heterocycles. The van der Waals surface area contributed by atoms with E-state index in [0.29, 0.717) is 13.0 Å². The molecule has 2 atom stereocenters. The molecule has 124 valence electrons. The van der Waals surface area contributed by atoms with Crippen molar-refractivity contribution < 1.29 is 13.2 Å². The summed E-state index contributed by atoms with van der Waals surface area (Å²) in [6.45, 7) is 2.35. The van der Waals surface area contributed by atoms with E-state index < -0.39 is 10.0 Å². The van der Waals surface area contributed by atoms with E-state index in [4.69, 9.17) is 10.5 Å². The fourth-order valence-corrected chi connectivity index (χ4v) is 3.69. The number of hydrogen-bond donors (Lipinski definition) is 2. The zero-order valence-electron chi connectivity index (χ0n) is 13.2. The summed E-state index contributed by atoms with van der Waals surface area (Å²) >= 11 is 0. The van der Waals surface area contributed by atoms with E-state index in [0.717, 1.165) is 25.3 Å². The van der Waals surface area contributed by atoms with Gasteiger partial charge in [-0.15, -0.1) is 0 Å². The minimum atomic E-state index is -3.20. The summed E-state index contributed by atoms with van der Waals surface area (Å²) in [6, 6.07) is 7.88. The third kappa shape index (κ3) is 5.57. The first kappa shape index (κ1) is 17.2. The average molecular weight is 327 g/mol. The largest absolute Gasteiger partial charge is 0.497 e. The number of nitrogens with zero attached hydrogens (tertiary/aromatic N) is 1. The fourth-order valence-electron chi connectivity index (χ4n) is 2.92. The molecule has 0 saturated carbocycles. The molecule has 0 aromatic heterocycles. The Morgan fingerprint density at radius 2 is 2.18 bits per heavy atom. The van der Waals surface area contributed by atoms with E-state index in [1.54, 1.807) is 7.11 Å². The van der Waals surface area contributed by atoms with Crippen LogP contribution in [-0.2, 0) is 16.4 Å². The molecule has 6 nitrogen and oxygen atoms in total. The van der Waals surface area contributed by atoms with Crippen LogP contribution in [0.5, 0.6) is 5.75 Å². The quantitative estimate of drug-likeness (QED) is 0.779. The lowest BCUT2D eigenvalue weighted by molar-refractivity contribution is 0.185. The van der Waals surface area contributed by atoms with Crippen molar-refractivity contribution >= 4 is 10.0 Å². The molecule has 0 unspecified atom stereocenters. The second-order valence-electron chi connectivity index (χ2n) is 5.94. The van der Waals surface area contributed by atoms with Gasteiger partial charge in [-0.25, -0.2) is 13.1 Å². The topological polar surface area (TPSA) is 84.7 Å². The maximum atomic E-state index is 11.4. The zero-order valence-corrected chi connectivity index (χ0v) is 14.0. The molecule has 0 spiro atoms. The van der Waals surface area contributed by atoms with E-state index in [1.807, 2.05) is 18.2 Å². The summed E-state index contributed by atoms with van der Waals surface area (Å²) in [6.07, 6.45) is 2.76. The molecule has 0 bridgehead atoms. The monoisotopic (exact) mass is 327 g/mol. The Balaban J connectivity index is 1.91. The summed E-state index contributed by atoms with van der Waals surface area (Å²) in [4.78, 5) is 2.22. The molecule has 1 heterocycles. The second-order valence-corrected chi connectivity index (χ2v) is 7.72. The van der Waals surface area contributed by atoms with Crippen LogP contribution < -0.4 is 15.2 Å². The maximum absolute atomic E-state index is 11.4. The van der Waals surface area contributed by atoms with Gasteiger partial charge < -0.3 is 10.5 Å². The van der Waals surface area contributed by atoms with Crippen LogP contribution in [0.4, 0.5) is 0 Å². The van der Waals surface area contributed by atoms with Gasteiger partial charge in [0.15, 0.2) is 0 Å². The van der Waals surface area contributed by atoms with Gasteiger partial charge in [0, 0.05) is 31.7 Å². The Bertz CT molecular complexity index is 591. The molecule has 1 fully saturated rings. The molecule has 1 aromatic rings. The molecule has 0 aliphatic carbocycles. The fraction of sp³-hybridized carbons (Fsp3) is 0.600. The number of benzene rings is 1. The van der Waals surface area contributed by atoms with Crippen molar-refractivity contribution in [2.75, 3.05) is 33.0 Å². The standard InChI is InChI=1S/C15H25N3O3S/c1-21-15-5-3-4-12(8-15)6-7-18-10-13(16)9-14(11-18)17-22(2,19)20/h3-5,8,13-14,17H,6-7,9-11,16H2,1-2H3/t13-,14+/m0/s1. The molecule has 1 aliphatic rings. The van der Waals surface area contributed by atoms with Crippen LogP contribution in [0.1, 0.15) is 12.0 Å². The van der Waals surface area contributed by atoms with Gasteiger partial charge in [-0.1, -0.05) is 12.1 Å². The highest BCUT2D eigenvalue weighted by Crippen LogP contribution is 2.15. The van der Waals surface area contributed by atoms with Crippen molar-refractivity contribution in [1.82, 2.24) is 9.62 Å². The molecular formula is C15H25N3O3S. The Morgan fingerprint density at radius 3 is 2.86 bits per heavy atom. The first-order chi connectivity index (χ1) is 10.4. The van der Waals surface area contributed by atoms with Crippen LogP contribution in [0.25, 0.3) is 0 Å². The van der Waals surface area contributed by atoms with Crippen LogP contribution in [0, 0.1) is 0 Å². The lowest BCUT2D eigenvalue weighted by Gasteiger charge is -2.36. The van der Waals surface area contributed by atoms with Gasteiger partial charge in [0.05, 0.1) is 13.4 Å². The Labute approximate surface area is 132 Å². The van der Waals surface area contributed by atoms with Gasteiger partial charge in [0.2, 0.25) is 10.0 Å². The van der Waals surface area contributed by atoms with Gasteiger partial charge in [0.25, 0.3) is 0 Å². The van der Waals surface area contributed by atoms with E-state index in [2.05, 4.69) is 15.7 Å². The van der Waals surface area contributed by atoms with Crippen molar-refractivity contribution in [1.29, 1.82) is 0 Å². The highest BCUT2D eigenvalue weighted by Gasteiger charge is 2.26. The van der Waals surface area contributed by atoms with Gasteiger partial charge in [-0.3, -0.25) is 4.90 Å². The highest BCUT2D eigenvalue weighted by atomic mass is 32.2. The Kier molecular flexibility index (Phi) is 5.80. The molecule has 0 amide bonds. The molecule has 7 heteroatoms. The number of rotatable bonds is 6. The van der Waals surface area contributed by atoms with Gasteiger partial charge >= 0.3 is 0 Å². The predicted molar refractivity (Wildman–Crippen MR) is 87.5 cm³/mol. The molecule has 2 rings (SSSR count). The minimum absolute atomic E-state index is 0.00157. The van der Waals surface area contributed by atoms with E-state index in [9.17, 15) is 8.42 Å². The Morgan fingerprint density at radius 1 is 1.41 bits per heavy atom. The third-order valence-electron chi connectivity index (χ3n) is 3.79. The second kappa shape index (κ2) is 7.41. The lowest BCUT2D eigenvalue weighted by atomic mass is 10.0. The number of nitrogens with two attached hydrogens (primary N) is 1. The smallest absolute Gasteiger partial charge is 0.208 e. The summed E-state index contributed by atoms with van der Waals surface area (Å²) < 4.78 is 30.6. The van der Waals surface area contributed by atoms with E-state index >= 15 is 0 Å². The van der Waals surface area contributed by atoms with Crippen molar-refractivity contribution in [3.8, 4) is 5.75 Å². The number of hydrogen-bond acceptors (Lipinski definition) is 5. The number of nitrogens with one attached hydrogen (secondary N) is 1. The number of sulfonamides is 1. The molecule has 1 aromatic carbocycles. The maximum Gasteiger partial charge on any atom is 0.208 e. The van der Waals surface area contributed by atoms with Crippen LogP contribution in [-0.4, -0.2) is 58.4 Å². The normalized spacial score (nSPS) is 23.4. The summed E-state index contributed by atoms with van der Waals surface area (Å²) in [5.74, 6) is 0.851. The highest BCUT2D eigenvalue weighted by molar-refractivity contribution is 7.88. The molecule has 3 N–H and O–H groups in total. The first-order valence-electron chi connectivity index (χ1n) is 7.44. The Hall–Kier alpha value is -1.15.